The van der Waals surface area contributed by atoms with Gasteiger partial charge in [-0.3, -0.25) is 0 Å². The number of piperidine rings is 1. The van der Waals surface area contributed by atoms with Gasteiger partial charge in [0.05, 0.1) is 6.20 Å². The minimum atomic E-state index is -0.558. The molecule has 0 unspecified atom stereocenters. The van der Waals surface area contributed by atoms with Gasteiger partial charge in [-0.25, -0.2) is 14.7 Å². The molecular weight excluding hydrogens is 288 g/mol. The molecule has 0 aliphatic carbocycles. The number of nitriles is 1. The molecule has 1 amide bonds. The first kappa shape index (κ1) is 15.7. The van der Waals surface area contributed by atoms with Gasteiger partial charge in [0.25, 0.3) is 0 Å². The molecule has 0 atom stereocenters. The number of thiazole rings is 1. The summed E-state index contributed by atoms with van der Waals surface area (Å²) in [6, 6.07) is 2.11. The van der Waals surface area contributed by atoms with Gasteiger partial charge in [-0.2, -0.15) is 5.26 Å². The molecule has 114 valence electrons. The van der Waals surface area contributed by atoms with Crippen LogP contribution in [0.3, 0.4) is 0 Å². The third-order valence-corrected chi connectivity index (χ3v) is 3.98. The summed E-state index contributed by atoms with van der Waals surface area (Å²) in [5.74, 6) is 0. The van der Waals surface area contributed by atoms with Gasteiger partial charge in [-0.15, -0.1) is 0 Å². The lowest BCUT2D eigenvalue weighted by Crippen LogP contribution is -2.48. The second-order valence-electron chi connectivity index (χ2n) is 5.95. The standard InChI is InChI=1S/C14H20N4O2S/c1-14(2,3)20-13(19)18(10-4-6-16-7-5-10)12-17-9-11(8-15)21-12/h9-10,16H,4-7H2,1-3H3. The molecule has 2 heterocycles. The van der Waals surface area contributed by atoms with Gasteiger partial charge in [0.2, 0.25) is 0 Å². The van der Waals surface area contributed by atoms with Crippen LogP contribution in [0.4, 0.5) is 9.93 Å². The number of ether oxygens (including phenoxy) is 1. The topological polar surface area (TPSA) is 78.2 Å². The lowest BCUT2D eigenvalue weighted by molar-refractivity contribution is 0.0559. The molecule has 0 saturated carbocycles. The average Bonchev–Trinajstić information content (AvgIpc) is 2.86. The lowest BCUT2D eigenvalue weighted by atomic mass is 10.1. The largest absolute Gasteiger partial charge is 0.443 e. The Balaban J connectivity index is 2.25. The Morgan fingerprint density at radius 3 is 2.71 bits per heavy atom. The van der Waals surface area contributed by atoms with Crippen LogP contribution in [0.2, 0.25) is 0 Å². The molecule has 0 spiro atoms. The number of rotatable bonds is 2. The minimum Gasteiger partial charge on any atom is -0.443 e. The fraction of sp³-hybridized carbons (Fsp3) is 0.643. The van der Waals surface area contributed by atoms with E-state index in [1.807, 2.05) is 20.8 Å². The van der Waals surface area contributed by atoms with Crippen molar-refractivity contribution in [2.45, 2.75) is 45.3 Å². The highest BCUT2D eigenvalue weighted by Crippen LogP contribution is 2.28. The monoisotopic (exact) mass is 308 g/mol. The molecule has 1 saturated heterocycles. The maximum absolute atomic E-state index is 12.5. The van der Waals surface area contributed by atoms with E-state index in [0.717, 1.165) is 25.9 Å². The van der Waals surface area contributed by atoms with Crippen molar-refractivity contribution in [1.29, 1.82) is 5.26 Å². The van der Waals surface area contributed by atoms with Crippen LogP contribution in [0.1, 0.15) is 38.5 Å². The maximum atomic E-state index is 12.5. The quantitative estimate of drug-likeness (QED) is 0.908. The number of carbonyl (C=O) groups excluding carboxylic acids is 1. The van der Waals surface area contributed by atoms with Gasteiger partial charge in [0.15, 0.2) is 5.13 Å². The van der Waals surface area contributed by atoms with E-state index in [9.17, 15) is 4.79 Å². The molecule has 7 heteroatoms. The number of nitrogens with one attached hydrogen (secondary N) is 1. The van der Waals surface area contributed by atoms with Gasteiger partial charge < -0.3 is 10.1 Å². The van der Waals surface area contributed by atoms with Crippen LogP contribution in [0.5, 0.6) is 0 Å². The van der Waals surface area contributed by atoms with Crippen LogP contribution >= 0.6 is 11.3 Å². The normalized spacial score (nSPS) is 16.3. The molecule has 1 aromatic heterocycles. The highest BCUT2D eigenvalue weighted by Gasteiger charge is 2.32. The predicted molar refractivity (Wildman–Crippen MR) is 81.4 cm³/mol. The molecule has 0 aromatic carbocycles. The third kappa shape index (κ3) is 4.16. The molecule has 6 nitrogen and oxygen atoms in total. The SMILES string of the molecule is CC(C)(C)OC(=O)N(c1ncc(C#N)s1)C1CCNCC1. The summed E-state index contributed by atoms with van der Waals surface area (Å²) in [4.78, 5) is 18.8. The fourth-order valence-electron chi connectivity index (χ4n) is 2.19. The van der Waals surface area contributed by atoms with Crippen LogP contribution in [0.15, 0.2) is 6.20 Å². The zero-order chi connectivity index (χ0) is 15.5. The maximum Gasteiger partial charge on any atom is 0.416 e. The number of nitrogens with zero attached hydrogens (tertiary/aromatic N) is 3. The van der Waals surface area contributed by atoms with E-state index in [4.69, 9.17) is 10.00 Å². The molecule has 21 heavy (non-hydrogen) atoms. The molecule has 1 aromatic rings. The van der Waals surface area contributed by atoms with Crippen LogP contribution in [-0.2, 0) is 4.74 Å². The van der Waals surface area contributed by atoms with Crippen molar-refractivity contribution in [2.75, 3.05) is 18.0 Å². The van der Waals surface area contributed by atoms with Gasteiger partial charge in [-0.1, -0.05) is 11.3 Å². The van der Waals surface area contributed by atoms with E-state index in [0.29, 0.717) is 10.0 Å². The fourth-order valence-corrected chi connectivity index (χ4v) is 2.96. The van der Waals surface area contributed by atoms with Gasteiger partial charge in [-0.05, 0) is 46.7 Å². The number of hydrogen-bond donors (Lipinski definition) is 1. The first-order chi connectivity index (χ1) is 9.90. The summed E-state index contributed by atoms with van der Waals surface area (Å²) in [6.45, 7) is 7.25. The zero-order valence-corrected chi connectivity index (χ0v) is 13.4. The number of amides is 1. The summed E-state index contributed by atoms with van der Waals surface area (Å²) < 4.78 is 5.50. The van der Waals surface area contributed by atoms with Crippen LogP contribution in [0, 0.1) is 11.3 Å². The minimum absolute atomic E-state index is 0.0544. The van der Waals surface area contributed by atoms with E-state index in [1.165, 1.54) is 17.5 Å². The molecule has 1 fully saturated rings. The molecule has 1 aliphatic rings. The van der Waals surface area contributed by atoms with Crippen LogP contribution in [-0.4, -0.2) is 35.8 Å². The number of aromatic nitrogens is 1. The Bertz CT molecular complexity index is 538. The van der Waals surface area contributed by atoms with Crippen LogP contribution in [0.25, 0.3) is 0 Å². The van der Waals surface area contributed by atoms with Gasteiger partial charge in [0.1, 0.15) is 16.5 Å². The lowest BCUT2D eigenvalue weighted by Gasteiger charge is -2.34. The Hall–Kier alpha value is -1.65. The van der Waals surface area contributed by atoms with Crippen molar-refractivity contribution in [3.05, 3.63) is 11.1 Å². The number of anilines is 1. The molecular formula is C14H20N4O2S. The zero-order valence-electron chi connectivity index (χ0n) is 12.5. The van der Waals surface area contributed by atoms with Gasteiger partial charge in [0, 0.05) is 6.04 Å². The first-order valence-corrected chi connectivity index (χ1v) is 7.81. The van der Waals surface area contributed by atoms with E-state index in [1.54, 1.807) is 4.90 Å². The Morgan fingerprint density at radius 1 is 1.52 bits per heavy atom. The smallest absolute Gasteiger partial charge is 0.416 e. The third-order valence-electron chi connectivity index (χ3n) is 3.07. The van der Waals surface area contributed by atoms with E-state index in [2.05, 4.69) is 16.4 Å². The highest BCUT2D eigenvalue weighted by atomic mass is 32.1. The second-order valence-corrected chi connectivity index (χ2v) is 6.96. The molecule has 1 aliphatic heterocycles. The summed E-state index contributed by atoms with van der Waals surface area (Å²) in [6.07, 6.45) is 2.80. The number of hydrogen-bond acceptors (Lipinski definition) is 6. The predicted octanol–water partition coefficient (Wildman–Crippen LogP) is 2.51. The van der Waals surface area contributed by atoms with Gasteiger partial charge >= 0.3 is 6.09 Å². The molecule has 0 radical (unpaired) electrons. The summed E-state index contributed by atoms with van der Waals surface area (Å²) >= 11 is 1.22. The molecule has 1 N–H and O–H groups in total. The second kappa shape index (κ2) is 6.41. The number of carbonyl (C=O) groups is 1. The van der Waals surface area contributed by atoms with Crippen molar-refractivity contribution in [3.8, 4) is 6.07 Å². The van der Waals surface area contributed by atoms with E-state index in [-0.39, 0.29) is 6.04 Å². The van der Waals surface area contributed by atoms with Crippen LogP contribution < -0.4 is 10.2 Å². The first-order valence-electron chi connectivity index (χ1n) is 6.99. The van der Waals surface area contributed by atoms with E-state index < -0.39 is 11.7 Å². The molecule has 2 rings (SSSR count). The van der Waals surface area contributed by atoms with E-state index >= 15 is 0 Å². The average molecular weight is 308 g/mol. The summed E-state index contributed by atoms with van der Waals surface area (Å²) in [5.41, 5.74) is -0.558. The summed E-state index contributed by atoms with van der Waals surface area (Å²) in [5, 5.41) is 12.8. The summed E-state index contributed by atoms with van der Waals surface area (Å²) in [7, 11) is 0. The van der Waals surface area contributed by atoms with Crippen molar-refractivity contribution >= 4 is 22.6 Å². The van der Waals surface area contributed by atoms with Crippen molar-refractivity contribution in [3.63, 3.8) is 0 Å². The van der Waals surface area contributed by atoms with Crippen molar-refractivity contribution in [2.24, 2.45) is 0 Å². The Kier molecular flexibility index (Phi) is 4.80. The molecule has 0 bridgehead atoms. The Labute approximate surface area is 128 Å². The van der Waals surface area contributed by atoms with Crippen molar-refractivity contribution < 1.29 is 9.53 Å². The van der Waals surface area contributed by atoms with Crippen molar-refractivity contribution in [1.82, 2.24) is 10.3 Å². The Morgan fingerprint density at radius 2 is 2.19 bits per heavy atom. The highest BCUT2D eigenvalue weighted by molar-refractivity contribution is 7.16.